The Morgan fingerprint density at radius 2 is 2.00 bits per heavy atom. The molecule has 0 spiro atoms. The van der Waals surface area contributed by atoms with Gasteiger partial charge in [-0.05, 0) is 37.0 Å². The van der Waals surface area contributed by atoms with Crippen LogP contribution >= 0.6 is 15.9 Å². The van der Waals surface area contributed by atoms with Crippen molar-refractivity contribution in [2.45, 2.75) is 37.0 Å². The normalized spacial score (nSPS) is 24.0. The SMILES string of the molecule is NNC(Cc1ccc(Br)cc1)C1CCCCS1(=O)=O. The molecule has 1 aliphatic heterocycles. The van der Waals surface area contributed by atoms with Crippen LogP contribution in [-0.4, -0.2) is 25.5 Å². The van der Waals surface area contributed by atoms with Crippen LogP contribution in [-0.2, 0) is 16.3 Å². The molecule has 2 rings (SSSR count). The first-order valence-corrected chi connectivity index (χ1v) is 8.96. The lowest BCUT2D eigenvalue weighted by Gasteiger charge is -2.29. The fourth-order valence-electron chi connectivity index (χ4n) is 2.60. The van der Waals surface area contributed by atoms with E-state index in [9.17, 15) is 8.42 Å². The van der Waals surface area contributed by atoms with E-state index in [-0.39, 0.29) is 17.0 Å². The summed E-state index contributed by atoms with van der Waals surface area (Å²) < 4.78 is 25.3. The van der Waals surface area contributed by atoms with Crippen molar-refractivity contribution < 1.29 is 8.42 Å². The van der Waals surface area contributed by atoms with Gasteiger partial charge >= 0.3 is 0 Å². The number of rotatable bonds is 4. The highest BCUT2D eigenvalue weighted by Gasteiger charge is 2.34. The molecule has 0 saturated carbocycles. The molecule has 1 aromatic rings. The Balaban J connectivity index is 2.13. The quantitative estimate of drug-likeness (QED) is 0.643. The van der Waals surface area contributed by atoms with Crippen molar-refractivity contribution in [3.05, 3.63) is 34.3 Å². The monoisotopic (exact) mass is 346 g/mol. The first-order valence-electron chi connectivity index (χ1n) is 6.45. The van der Waals surface area contributed by atoms with Crippen molar-refractivity contribution in [1.29, 1.82) is 0 Å². The largest absolute Gasteiger partial charge is 0.271 e. The summed E-state index contributed by atoms with van der Waals surface area (Å²) in [4.78, 5) is 0. The summed E-state index contributed by atoms with van der Waals surface area (Å²) in [7, 11) is -3.01. The van der Waals surface area contributed by atoms with Crippen molar-refractivity contribution in [2.75, 3.05) is 5.75 Å². The van der Waals surface area contributed by atoms with Crippen LogP contribution in [0, 0.1) is 0 Å². The van der Waals surface area contributed by atoms with Crippen LogP contribution in [0.3, 0.4) is 0 Å². The third-order valence-corrected chi connectivity index (χ3v) is 6.53. The maximum Gasteiger partial charge on any atom is 0.154 e. The lowest BCUT2D eigenvalue weighted by Crippen LogP contribution is -2.50. The molecule has 19 heavy (non-hydrogen) atoms. The number of hydrogen-bond acceptors (Lipinski definition) is 4. The van der Waals surface area contributed by atoms with Crippen molar-refractivity contribution in [1.82, 2.24) is 5.43 Å². The minimum Gasteiger partial charge on any atom is -0.271 e. The molecule has 106 valence electrons. The van der Waals surface area contributed by atoms with Gasteiger partial charge < -0.3 is 0 Å². The number of nitrogens with one attached hydrogen (secondary N) is 1. The molecule has 1 saturated heterocycles. The van der Waals surface area contributed by atoms with Gasteiger partial charge in [-0.2, -0.15) is 0 Å². The number of hydrazine groups is 1. The van der Waals surface area contributed by atoms with Crippen LogP contribution in [0.1, 0.15) is 24.8 Å². The summed E-state index contributed by atoms with van der Waals surface area (Å²) in [5.41, 5.74) is 3.79. The molecule has 0 radical (unpaired) electrons. The smallest absolute Gasteiger partial charge is 0.154 e. The maximum absolute atomic E-state index is 12.1. The van der Waals surface area contributed by atoms with Gasteiger partial charge in [0.25, 0.3) is 0 Å². The fourth-order valence-corrected chi connectivity index (χ4v) is 4.98. The Kier molecular flexibility index (Phi) is 5.00. The van der Waals surface area contributed by atoms with Crippen LogP contribution in [0.5, 0.6) is 0 Å². The molecule has 1 fully saturated rings. The topological polar surface area (TPSA) is 72.2 Å². The average molecular weight is 347 g/mol. The first-order chi connectivity index (χ1) is 9.03. The van der Waals surface area contributed by atoms with E-state index in [1.165, 1.54) is 0 Å². The Hall–Kier alpha value is -0.430. The molecule has 2 atom stereocenters. The second kappa shape index (κ2) is 6.35. The predicted octanol–water partition coefficient (Wildman–Crippen LogP) is 1.79. The van der Waals surface area contributed by atoms with E-state index in [1.807, 2.05) is 24.3 Å². The van der Waals surface area contributed by atoms with Gasteiger partial charge in [-0.25, -0.2) is 8.42 Å². The molecule has 0 aliphatic carbocycles. The number of hydrogen-bond donors (Lipinski definition) is 2. The van der Waals surface area contributed by atoms with E-state index in [0.29, 0.717) is 12.8 Å². The van der Waals surface area contributed by atoms with Crippen molar-refractivity contribution >= 4 is 25.8 Å². The lowest BCUT2D eigenvalue weighted by atomic mass is 10.00. The second-order valence-electron chi connectivity index (χ2n) is 5.00. The molecule has 1 aromatic carbocycles. The summed E-state index contributed by atoms with van der Waals surface area (Å²) in [5.74, 6) is 5.87. The van der Waals surface area contributed by atoms with Crippen LogP contribution in [0.2, 0.25) is 0 Å². The van der Waals surface area contributed by atoms with Crippen LogP contribution in [0.25, 0.3) is 0 Å². The Labute approximate surface area is 122 Å². The standard InChI is InChI=1S/C13H19BrN2O2S/c14-11-6-4-10(5-7-11)9-12(16-15)13-3-1-2-8-19(13,17)18/h4-7,12-13,16H,1-3,8-9,15H2. The van der Waals surface area contributed by atoms with Crippen LogP contribution in [0.4, 0.5) is 0 Å². The van der Waals surface area contributed by atoms with Gasteiger partial charge in [0, 0.05) is 10.5 Å². The number of halogens is 1. The molecule has 3 N–H and O–H groups in total. The molecular formula is C13H19BrN2O2S. The van der Waals surface area contributed by atoms with Gasteiger partial charge in [-0.15, -0.1) is 0 Å². The highest BCUT2D eigenvalue weighted by Crippen LogP contribution is 2.24. The molecule has 0 aromatic heterocycles. The molecule has 0 amide bonds. The molecule has 2 unspecified atom stereocenters. The molecule has 1 aliphatic rings. The molecule has 6 heteroatoms. The van der Waals surface area contributed by atoms with E-state index in [0.717, 1.165) is 22.9 Å². The first kappa shape index (κ1) is 15.0. The van der Waals surface area contributed by atoms with Gasteiger partial charge in [-0.1, -0.05) is 34.5 Å². The van der Waals surface area contributed by atoms with E-state index in [4.69, 9.17) is 5.84 Å². The Bertz CT molecular complexity index is 516. The Morgan fingerprint density at radius 1 is 1.32 bits per heavy atom. The summed E-state index contributed by atoms with van der Waals surface area (Å²) in [6, 6.07) is 7.68. The van der Waals surface area contributed by atoms with E-state index in [2.05, 4.69) is 21.4 Å². The van der Waals surface area contributed by atoms with Gasteiger partial charge in [-0.3, -0.25) is 11.3 Å². The summed E-state index contributed by atoms with van der Waals surface area (Å²) in [5, 5.41) is -0.366. The van der Waals surface area contributed by atoms with Crippen molar-refractivity contribution in [3.63, 3.8) is 0 Å². The lowest BCUT2D eigenvalue weighted by molar-refractivity contribution is 0.440. The fraction of sp³-hybridized carbons (Fsp3) is 0.538. The van der Waals surface area contributed by atoms with E-state index >= 15 is 0 Å². The zero-order chi connectivity index (χ0) is 13.9. The minimum absolute atomic E-state index is 0.216. The minimum atomic E-state index is -3.01. The van der Waals surface area contributed by atoms with E-state index < -0.39 is 9.84 Å². The summed E-state index contributed by atoms with van der Waals surface area (Å²) in [6.07, 6.45) is 3.07. The van der Waals surface area contributed by atoms with Crippen molar-refractivity contribution in [2.24, 2.45) is 5.84 Å². The third kappa shape index (κ3) is 3.78. The maximum atomic E-state index is 12.1. The zero-order valence-corrected chi connectivity index (χ0v) is 13.1. The zero-order valence-electron chi connectivity index (χ0n) is 10.7. The van der Waals surface area contributed by atoms with Crippen molar-refractivity contribution in [3.8, 4) is 0 Å². The van der Waals surface area contributed by atoms with Gasteiger partial charge in [0.05, 0.1) is 11.0 Å². The molecule has 4 nitrogen and oxygen atoms in total. The molecule has 1 heterocycles. The highest BCUT2D eigenvalue weighted by atomic mass is 79.9. The second-order valence-corrected chi connectivity index (χ2v) is 8.26. The highest BCUT2D eigenvalue weighted by molar-refractivity contribution is 9.10. The number of nitrogens with two attached hydrogens (primary N) is 1. The summed E-state index contributed by atoms with van der Waals surface area (Å²) >= 11 is 3.39. The van der Waals surface area contributed by atoms with Crippen LogP contribution in [0.15, 0.2) is 28.7 Å². The number of benzene rings is 1. The summed E-state index contributed by atoms with van der Waals surface area (Å²) in [6.45, 7) is 0. The molecule has 0 bridgehead atoms. The van der Waals surface area contributed by atoms with Crippen LogP contribution < -0.4 is 11.3 Å². The number of sulfone groups is 1. The van der Waals surface area contributed by atoms with E-state index in [1.54, 1.807) is 0 Å². The van der Waals surface area contributed by atoms with Gasteiger partial charge in [0.15, 0.2) is 9.84 Å². The van der Waals surface area contributed by atoms with Gasteiger partial charge in [0.2, 0.25) is 0 Å². The molecular weight excluding hydrogens is 328 g/mol. The third-order valence-electron chi connectivity index (χ3n) is 3.66. The Morgan fingerprint density at radius 3 is 2.58 bits per heavy atom. The van der Waals surface area contributed by atoms with Gasteiger partial charge in [0.1, 0.15) is 0 Å². The average Bonchev–Trinajstić information content (AvgIpc) is 2.38. The predicted molar refractivity (Wildman–Crippen MR) is 80.4 cm³/mol.